The Labute approximate surface area is 110 Å². The van der Waals surface area contributed by atoms with Crippen LogP contribution in [0.1, 0.15) is 16.1 Å². The molecule has 0 radical (unpaired) electrons. The van der Waals surface area contributed by atoms with Crippen molar-refractivity contribution < 1.29 is 4.79 Å². The molecular weight excluding hydrogens is 244 g/mol. The highest BCUT2D eigenvalue weighted by atomic mass is 16.2. The van der Waals surface area contributed by atoms with Crippen molar-refractivity contribution in [2.75, 3.05) is 18.8 Å². The van der Waals surface area contributed by atoms with Crippen LogP contribution in [0, 0.1) is 0 Å². The lowest BCUT2D eigenvalue weighted by Crippen LogP contribution is -2.29. The topological polar surface area (TPSA) is 112 Å². The van der Waals surface area contributed by atoms with Crippen LogP contribution < -0.4 is 16.8 Å². The molecule has 2 aromatic rings. The van der Waals surface area contributed by atoms with Crippen molar-refractivity contribution in [1.82, 2.24) is 20.3 Å². The molecule has 0 unspecified atom stereocenters. The number of aromatic nitrogens is 3. The lowest BCUT2D eigenvalue weighted by molar-refractivity contribution is 0.0950. The minimum atomic E-state index is -0.359. The largest absolute Gasteiger partial charge is 0.382 e. The maximum atomic E-state index is 11.7. The van der Waals surface area contributed by atoms with E-state index >= 15 is 0 Å². The number of hydrogen-bond donors (Lipinski definition) is 3. The fraction of sp³-hybridized carbons (Fsp3) is 0.250. The summed E-state index contributed by atoms with van der Waals surface area (Å²) in [5.41, 5.74) is 12.3. The second kappa shape index (κ2) is 5.96. The zero-order valence-electron chi connectivity index (χ0n) is 10.4. The van der Waals surface area contributed by atoms with Gasteiger partial charge >= 0.3 is 0 Å². The number of nitrogens with two attached hydrogens (primary N) is 2. The number of nitrogens with zero attached hydrogens (tertiary/aromatic N) is 3. The fourth-order valence-corrected chi connectivity index (χ4v) is 1.62. The van der Waals surface area contributed by atoms with Crippen molar-refractivity contribution in [3.63, 3.8) is 0 Å². The predicted octanol–water partition coefficient (Wildman–Crippen LogP) is -0.403. The van der Waals surface area contributed by atoms with Crippen LogP contribution in [0.3, 0.4) is 0 Å². The molecule has 0 saturated heterocycles. The second-order valence-electron chi connectivity index (χ2n) is 4.01. The summed E-state index contributed by atoms with van der Waals surface area (Å²) in [6.07, 6.45) is 0. The number of rotatable bonds is 5. The summed E-state index contributed by atoms with van der Waals surface area (Å²) >= 11 is 0. The van der Waals surface area contributed by atoms with Gasteiger partial charge in [-0.15, -0.1) is 5.10 Å². The molecule has 0 aliphatic rings. The van der Waals surface area contributed by atoms with E-state index < -0.39 is 0 Å². The molecule has 7 nitrogen and oxygen atoms in total. The molecule has 0 atom stereocenters. The van der Waals surface area contributed by atoms with Crippen molar-refractivity contribution in [3.05, 3.63) is 41.6 Å². The second-order valence-corrected chi connectivity index (χ2v) is 4.01. The fourth-order valence-electron chi connectivity index (χ4n) is 1.62. The monoisotopic (exact) mass is 260 g/mol. The molecular formula is C12H16N6O. The number of nitrogen functional groups attached to an aromatic ring is 1. The van der Waals surface area contributed by atoms with E-state index in [1.807, 2.05) is 30.3 Å². The van der Waals surface area contributed by atoms with Crippen molar-refractivity contribution in [2.45, 2.75) is 6.54 Å². The maximum Gasteiger partial charge on any atom is 0.275 e. The number of amides is 1. The van der Waals surface area contributed by atoms with Crippen molar-refractivity contribution >= 4 is 11.7 Å². The first-order chi connectivity index (χ1) is 9.22. The molecule has 100 valence electrons. The summed E-state index contributed by atoms with van der Waals surface area (Å²) in [5, 5.41) is 10.3. The third-order valence-electron chi connectivity index (χ3n) is 2.59. The van der Waals surface area contributed by atoms with Gasteiger partial charge in [0.25, 0.3) is 5.91 Å². The quantitative estimate of drug-likeness (QED) is 0.677. The van der Waals surface area contributed by atoms with Gasteiger partial charge in [0.05, 0.1) is 6.54 Å². The Bertz CT molecular complexity index is 551. The average Bonchev–Trinajstić information content (AvgIpc) is 2.79. The van der Waals surface area contributed by atoms with Crippen LogP contribution in [0.15, 0.2) is 30.3 Å². The van der Waals surface area contributed by atoms with E-state index in [0.717, 1.165) is 5.56 Å². The van der Waals surface area contributed by atoms with Gasteiger partial charge in [-0.2, -0.15) is 0 Å². The Hall–Kier alpha value is -2.41. The molecule has 0 bridgehead atoms. The van der Waals surface area contributed by atoms with Crippen LogP contribution in [0.5, 0.6) is 0 Å². The van der Waals surface area contributed by atoms with Gasteiger partial charge in [-0.25, -0.2) is 4.68 Å². The molecule has 0 saturated carbocycles. The first-order valence-electron chi connectivity index (χ1n) is 5.93. The Morgan fingerprint density at radius 3 is 2.74 bits per heavy atom. The van der Waals surface area contributed by atoms with Gasteiger partial charge in [-0.05, 0) is 5.56 Å². The summed E-state index contributed by atoms with van der Waals surface area (Å²) in [7, 11) is 0. The molecule has 19 heavy (non-hydrogen) atoms. The SMILES string of the molecule is NCCNC(=O)c1nnn(Cc2ccccc2)c1N. The molecule has 0 fully saturated rings. The minimum absolute atomic E-state index is 0.129. The van der Waals surface area contributed by atoms with Crippen LogP contribution in [0.25, 0.3) is 0 Å². The Balaban J connectivity index is 2.12. The van der Waals surface area contributed by atoms with E-state index in [0.29, 0.717) is 19.6 Å². The first kappa shape index (κ1) is 13.0. The van der Waals surface area contributed by atoms with E-state index in [2.05, 4.69) is 15.6 Å². The average molecular weight is 260 g/mol. The number of benzene rings is 1. The summed E-state index contributed by atoms with van der Waals surface area (Å²) in [4.78, 5) is 11.7. The van der Waals surface area contributed by atoms with Gasteiger partial charge < -0.3 is 16.8 Å². The Morgan fingerprint density at radius 2 is 2.05 bits per heavy atom. The number of carbonyl (C=O) groups excluding carboxylic acids is 1. The maximum absolute atomic E-state index is 11.7. The molecule has 1 heterocycles. The number of hydrogen-bond acceptors (Lipinski definition) is 5. The van der Waals surface area contributed by atoms with Gasteiger partial charge in [0.2, 0.25) is 0 Å². The predicted molar refractivity (Wildman–Crippen MR) is 71.4 cm³/mol. The highest BCUT2D eigenvalue weighted by Gasteiger charge is 2.16. The molecule has 0 aliphatic heterocycles. The van der Waals surface area contributed by atoms with Gasteiger partial charge in [-0.1, -0.05) is 35.5 Å². The molecule has 2 rings (SSSR count). The van der Waals surface area contributed by atoms with Crippen LogP contribution in [0.2, 0.25) is 0 Å². The van der Waals surface area contributed by atoms with Crippen molar-refractivity contribution in [1.29, 1.82) is 0 Å². The number of nitrogens with one attached hydrogen (secondary N) is 1. The first-order valence-corrected chi connectivity index (χ1v) is 5.93. The standard InChI is InChI=1S/C12H16N6O/c13-6-7-15-12(19)10-11(14)18(17-16-10)8-9-4-2-1-3-5-9/h1-5H,6-8,13-14H2,(H,15,19). The highest BCUT2D eigenvalue weighted by molar-refractivity contribution is 5.96. The van der Waals surface area contributed by atoms with Gasteiger partial charge in [0, 0.05) is 13.1 Å². The summed E-state index contributed by atoms with van der Waals surface area (Å²) in [6.45, 7) is 1.22. The summed E-state index contributed by atoms with van der Waals surface area (Å²) in [6, 6.07) is 9.69. The van der Waals surface area contributed by atoms with E-state index in [9.17, 15) is 4.79 Å². The molecule has 5 N–H and O–H groups in total. The van der Waals surface area contributed by atoms with E-state index in [1.54, 1.807) is 0 Å². The number of anilines is 1. The van der Waals surface area contributed by atoms with E-state index in [1.165, 1.54) is 4.68 Å². The molecule has 0 aliphatic carbocycles. The zero-order chi connectivity index (χ0) is 13.7. The normalized spacial score (nSPS) is 10.4. The van der Waals surface area contributed by atoms with E-state index in [-0.39, 0.29) is 17.4 Å². The van der Waals surface area contributed by atoms with Crippen molar-refractivity contribution in [2.24, 2.45) is 5.73 Å². The molecule has 0 spiro atoms. The van der Waals surface area contributed by atoms with Crippen LogP contribution >= 0.6 is 0 Å². The lowest BCUT2D eigenvalue weighted by Gasteiger charge is -2.04. The zero-order valence-corrected chi connectivity index (χ0v) is 10.4. The van der Waals surface area contributed by atoms with E-state index in [4.69, 9.17) is 11.5 Å². The summed E-state index contributed by atoms with van der Waals surface area (Å²) in [5.74, 6) is -0.111. The molecule has 1 aromatic heterocycles. The van der Waals surface area contributed by atoms with Gasteiger partial charge in [0.1, 0.15) is 0 Å². The smallest absolute Gasteiger partial charge is 0.275 e. The molecule has 1 aromatic carbocycles. The molecule has 1 amide bonds. The van der Waals surface area contributed by atoms with Crippen LogP contribution in [-0.2, 0) is 6.54 Å². The van der Waals surface area contributed by atoms with Crippen LogP contribution in [0.4, 0.5) is 5.82 Å². The third-order valence-corrected chi connectivity index (χ3v) is 2.59. The van der Waals surface area contributed by atoms with Crippen LogP contribution in [-0.4, -0.2) is 34.0 Å². The third kappa shape index (κ3) is 3.08. The summed E-state index contributed by atoms with van der Waals surface area (Å²) < 4.78 is 1.49. The number of carbonyl (C=O) groups is 1. The molecule has 7 heteroatoms. The van der Waals surface area contributed by atoms with Gasteiger partial charge in [0.15, 0.2) is 11.5 Å². The lowest BCUT2D eigenvalue weighted by atomic mass is 10.2. The van der Waals surface area contributed by atoms with Crippen molar-refractivity contribution in [3.8, 4) is 0 Å². The Morgan fingerprint density at radius 1 is 1.32 bits per heavy atom. The highest BCUT2D eigenvalue weighted by Crippen LogP contribution is 2.10. The van der Waals surface area contributed by atoms with Gasteiger partial charge in [-0.3, -0.25) is 4.79 Å². The minimum Gasteiger partial charge on any atom is -0.382 e. The Kier molecular flexibility index (Phi) is 4.09.